The quantitative estimate of drug-likeness (QED) is 0.0252. The molecule has 3 rings (SSSR count). The molecule has 0 spiro atoms. The number of rotatable bonds is 48. The Labute approximate surface area is 521 Å². The predicted octanol–water partition coefficient (Wildman–Crippen LogP) is -6.40. The molecule has 2 saturated heterocycles. The Hall–Kier alpha value is -3.98. The smallest absolute Gasteiger partial charge is 0.222 e. The van der Waals surface area contributed by atoms with Gasteiger partial charge in [0.1, 0.15) is 36.6 Å². The Morgan fingerprint density at radius 1 is 0.404 bits per heavy atom. The molecule has 15 atom stereocenters. The largest absolute Gasteiger partial charge is 0.396 e. The second-order valence-corrected chi connectivity index (χ2v) is 23.2. The van der Waals surface area contributed by atoms with E-state index in [9.17, 15) is 74.7 Å². The molecule has 15 unspecified atom stereocenters. The third kappa shape index (κ3) is 31.5. The highest BCUT2D eigenvalue weighted by Gasteiger charge is 2.45. The molecule has 0 bridgehead atoms. The van der Waals surface area contributed by atoms with Gasteiger partial charge in [-0.05, 0) is 64.2 Å². The van der Waals surface area contributed by atoms with Crippen molar-refractivity contribution in [1.82, 2.24) is 31.9 Å². The summed E-state index contributed by atoms with van der Waals surface area (Å²) in [7, 11) is 0. The van der Waals surface area contributed by atoms with E-state index in [1.807, 2.05) is 6.92 Å². The fraction of sp³-hybridized carbons (Fsp3) is 0.895. The van der Waals surface area contributed by atoms with Crippen molar-refractivity contribution in [3.05, 3.63) is 0 Å². The lowest BCUT2D eigenvalue weighted by molar-refractivity contribution is -0.265. The molecule has 0 aromatic heterocycles. The van der Waals surface area contributed by atoms with E-state index in [0.29, 0.717) is 110 Å². The van der Waals surface area contributed by atoms with Crippen LogP contribution >= 0.6 is 0 Å². The predicted molar refractivity (Wildman–Crippen MR) is 316 cm³/mol. The molecule has 1 saturated carbocycles. The maximum atomic E-state index is 12.6. The van der Waals surface area contributed by atoms with Crippen molar-refractivity contribution in [3.8, 4) is 0 Å². The number of nitrogens with two attached hydrogens (primary N) is 3. The number of aliphatic hydroxyl groups is 9. The number of carbonyl (C=O) groups excluding carboxylic acids is 6. The SMILES string of the molecule is CC(COCCC(=O)NCCCNC(=O)CCCCOC1CC(CO)C(O)C(O)C1N)(COCCC(=O)NCCCNC(=O)CCCCOC1OC(CO)C(O)C(O)C1N)COCCC(=O)NCCCNC(=O)CCCCOC1OC(CO)C(O)C(O)C1N. The van der Waals surface area contributed by atoms with Gasteiger partial charge in [0.25, 0.3) is 0 Å². The van der Waals surface area contributed by atoms with Gasteiger partial charge in [-0.25, -0.2) is 0 Å². The van der Waals surface area contributed by atoms with Crippen molar-refractivity contribution >= 4 is 35.4 Å². The van der Waals surface area contributed by atoms with E-state index in [1.165, 1.54) is 0 Å². The van der Waals surface area contributed by atoms with Crippen LogP contribution in [0.5, 0.6) is 0 Å². The van der Waals surface area contributed by atoms with Gasteiger partial charge < -0.3 is 133 Å². The molecular weight excluding hydrogens is 1180 g/mol. The third-order valence-electron chi connectivity index (χ3n) is 15.3. The fourth-order valence-electron chi connectivity index (χ4n) is 9.72. The number of aliphatic hydroxyl groups excluding tert-OH is 9. The van der Waals surface area contributed by atoms with Crippen molar-refractivity contribution in [1.29, 1.82) is 0 Å². The van der Waals surface area contributed by atoms with Crippen molar-refractivity contribution < 1.29 is 113 Å². The molecule has 3 aliphatic rings. The minimum Gasteiger partial charge on any atom is -0.396 e. The minimum absolute atomic E-state index is 0.0485. The zero-order valence-corrected chi connectivity index (χ0v) is 51.7. The van der Waals surface area contributed by atoms with Gasteiger partial charge in [0.15, 0.2) is 12.6 Å². The average molecular weight is 1290 g/mol. The van der Waals surface area contributed by atoms with Gasteiger partial charge in [0, 0.05) is 116 Å². The van der Waals surface area contributed by atoms with Crippen molar-refractivity contribution in [3.63, 3.8) is 0 Å². The zero-order chi connectivity index (χ0) is 65.6. The first-order valence-electron chi connectivity index (χ1n) is 31.3. The monoisotopic (exact) mass is 1290 g/mol. The van der Waals surface area contributed by atoms with Gasteiger partial charge in [-0.1, -0.05) is 6.92 Å². The fourth-order valence-corrected chi connectivity index (χ4v) is 9.72. The first-order valence-corrected chi connectivity index (χ1v) is 31.3. The Morgan fingerprint density at radius 2 is 0.719 bits per heavy atom. The number of hydrogen-bond acceptors (Lipinski definition) is 26. The van der Waals surface area contributed by atoms with E-state index >= 15 is 0 Å². The second kappa shape index (κ2) is 45.3. The topological polar surface area (TPSA) is 509 Å². The first-order chi connectivity index (χ1) is 42.6. The molecule has 1 aliphatic carbocycles. The molecule has 89 heavy (non-hydrogen) atoms. The van der Waals surface area contributed by atoms with E-state index in [-0.39, 0.29) is 133 Å². The summed E-state index contributed by atoms with van der Waals surface area (Å²) in [6, 6.07) is -2.79. The molecule has 32 heteroatoms. The average Bonchev–Trinajstić information content (AvgIpc) is 2.00. The molecule has 518 valence electrons. The number of nitrogens with one attached hydrogen (secondary N) is 6. The van der Waals surface area contributed by atoms with E-state index < -0.39 is 110 Å². The van der Waals surface area contributed by atoms with Crippen LogP contribution in [-0.4, -0.2) is 286 Å². The lowest BCUT2D eigenvalue weighted by Crippen LogP contribution is -2.62. The molecular formula is C57H107N9O23. The molecule has 0 radical (unpaired) electrons. The van der Waals surface area contributed by atoms with Crippen molar-refractivity contribution in [2.24, 2.45) is 28.5 Å². The van der Waals surface area contributed by atoms with E-state index in [1.54, 1.807) is 0 Å². The lowest BCUT2D eigenvalue weighted by Gasteiger charge is -2.40. The maximum absolute atomic E-state index is 12.6. The van der Waals surface area contributed by atoms with Crippen LogP contribution in [0.25, 0.3) is 0 Å². The van der Waals surface area contributed by atoms with Gasteiger partial charge >= 0.3 is 0 Å². The number of carbonyl (C=O) groups is 6. The summed E-state index contributed by atoms with van der Waals surface area (Å²) in [5.74, 6) is -1.81. The normalized spacial score (nSPS) is 27.7. The summed E-state index contributed by atoms with van der Waals surface area (Å²) in [6.07, 6.45) is -6.51. The standard InChI is InChI=1S/C57H107N9O23/c1-57(33-82-26-14-43(73)64-20-8-17-61-40(70)11-2-5-23-85-37-29-36(30-67)49(76)52(79)46(37)58,34-83-27-15-44(74)65-21-9-18-62-41(71)12-3-6-24-86-55-47(59)53(80)50(77)38(31-68)88-55)35-84-28-16-45(75)66-22-10-19-63-42(72)13-4-7-25-87-56-48(60)54(81)51(78)39(32-69)89-56/h36-39,46-56,67-69,76-81H,2-35,58-60H2,1H3,(H,61,70)(H,62,71)(H,63,72)(H,64,73)(H,65,74)(H,66,75). The molecule has 0 aromatic carbocycles. The van der Waals surface area contributed by atoms with Gasteiger partial charge in [-0.2, -0.15) is 0 Å². The number of amides is 6. The lowest BCUT2D eigenvalue weighted by atomic mass is 9.80. The van der Waals surface area contributed by atoms with E-state index in [4.69, 9.17) is 55.1 Å². The molecule has 6 amide bonds. The van der Waals surface area contributed by atoms with Crippen LogP contribution in [0.2, 0.25) is 0 Å². The minimum atomic E-state index is -1.34. The molecule has 2 heterocycles. The molecule has 3 fully saturated rings. The van der Waals surface area contributed by atoms with E-state index in [0.717, 1.165) is 0 Å². The number of unbranched alkanes of at least 4 members (excludes halogenated alkanes) is 3. The van der Waals surface area contributed by atoms with Crippen LogP contribution in [0.4, 0.5) is 0 Å². The van der Waals surface area contributed by atoms with Crippen molar-refractivity contribution in [2.45, 2.75) is 195 Å². The van der Waals surface area contributed by atoms with Crippen molar-refractivity contribution in [2.75, 3.05) is 119 Å². The van der Waals surface area contributed by atoms with Gasteiger partial charge in [0.2, 0.25) is 35.4 Å². The first kappa shape index (κ1) is 79.3. The Balaban J connectivity index is 1.29. The molecule has 0 aromatic rings. The summed E-state index contributed by atoms with van der Waals surface area (Å²) in [5, 5.41) is 105. The van der Waals surface area contributed by atoms with Crippen LogP contribution in [0, 0.1) is 11.3 Å². The van der Waals surface area contributed by atoms with Crippen LogP contribution in [0.15, 0.2) is 0 Å². The van der Waals surface area contributed by atoms with Gasteiger partial charge in [0.05, 0.1) is 89.3 Å². The summed E-state index contributed by atoms with van der Waals surface area (Å²) in [4.78, 5) is 74.9. The summed E-state index contributed by atoms with van der Waals surface area (Å²) < 4.78 is 45.5. The summed E-state index contributed by atoms with van der Waals surface area (Å²) in [6.45, 7) is 3.70. The number of hydrogen-bond donors (Lipinski definition) is 18. The highest BCUT2D eigenvalue weighted by atomic mass is 16.7. The Kier molecular flexibility index (Phi) is 40.4. The third-order valence-corrected chi connectivity index (χ3v) is 15.3. The summed E-state index contributed by atoms with van der Waals surface area (Å²) in [5.41, 5.74) is 17.0. The van der Waals surface area contributed by atoms with Crippen LogP contribution in [-0.2, 0) is 66.7 Å². The highest BCUT2D eigenvalue weighted by Crippen LogP contribution is 2.27. The van der Waals surface area contributed by atoms with Gasteiger partial charge in [-0.3, -0.25) is 28.8 Å². The highest BCUT2D eigenvalue weighted by molar-refractivity contribution is 5.78. The van der Waals surface area contributed by atoms with Crippen LogP contribution in [0.1, 0.15) is 110 Å². The van der Waals surface area contributed by atoms with Crippen LogP contribution in [0.3, 0.4) is 0 Å². The maximum Gasteiger partial charge on any atom is 0.222 e. The zero-order valence-electron chi connectivity index (χ0n) is 51.7. The Bertz CT molecular complexity index is 1780. The van der Waals surface area contributed by atoms with E-state index in [2.05, 4.69) is 31.9 Å². The number of ether oxygens (including phenoxy) is 8. The Morgan fingerprint density at radius 3 is 1.04 bits per heavy atom. The molecule has 2 aliphatic heterocycles. The van der Waals surface area contributed by atoms with Gasteiger partial charge in [-0.15, -0.1) is 0 Å². The molecule has 32 nitrogen and oxygen atoms in total. The summed E-state index contributed by atoms with van der Waals surface area (Å²) >= 11 is 0. The molecule has 21 N–H and O–H groups in total. The van der Waals surface area contributed by atoms with Crippen LogP contribution < -0.4 is 49.1 Å². The second-order valence-electron chi connectivity index (χ2n) is 23.2.